The van der Waals surface area contributed by atoms with E-state index in [9.17, 15) is 19.2 Å². The molecule has 73 heavy (non-hydrogen) atoms. The van der Waals surface area contributed by atoms with E-state index in [-0.39, 0.29) is 86.7 Å². The predicted octanol–water partition coefficient (Wildman–Crippen LogP) is 4.97. The third-order valence-corrected chi connectivity index (χ3v) is 15.0. The Hall–Kier alpha value is -5.71. The van der Waals surface area contributed by atoms with Gasteiger partial charge in [-0.15, -0.1) is 11.3 Å². The molecule has 5 aromatic rings. The number of aromatic nitrogens is 3. The number of nitrogens with one attached hydrogen (secondary N) is 2. The molecule has 3 aliphatic rings. The summed E-state index contributed by atoms with van der Waals surface area (Å²) in [5, 5.41) is 12.3. The van der Waals surface area contributed by atoms with Crippen LogP contribution in [0.2, 0.25) is 0 Å². The summed E-state index contributed by atoms with van der Waals surface area (Å²) in [7, 11) is 3.34. The lowest BCUT2D eigenvalue weighted by Gasteiger charge is -2.39. The standard InChI is InChI=1S/C52H70FN9O10S/c1-36(54-2)50(64)56-47(37-9-5-4-6-10-37)51(65)60-20-22-61(23-21-60)52(66)48-46(53)40-11-7-8-12-42(40)62(48)35-45(63)58(3)24-25-67-26-27-68-28-29-69-30-31-70-44-33-39(72-57-44)34-59-18-14-38(15-19-59)71-43-13-17-55-41-16-32-73-49(41)43/h7-8,11-13,16-17,32-33,36-38,47,54H,4-6,9-10,14-15,18-31,34-35H2,1-3H3,(H,56,64)/t36-,47?/m0/s1. The van der Waals surface area contributed by atoms with Crippen molar-refractivity contribution in [3.63, 3.8) is 0 Å². The highest BCUT2D eigenvalue weighted by Crippen LogP contribution is 2.32. The van der Waals surface area contributed by atoms with Crippen molar-refractivity contribution in [2.45, 2.75) is 83.1 Å². The third kappa shape index (κ3) is 14.1. The molecular weight excluding hydrogens is 962 g/mol. The number of hydrogen-bond donors (Lipinski definition) is 2. The molecule has 396 valence electrons. The molecule has 2 saturated heterocycles. The average molecular weight is 1030 g/mol. The average Bonchev–Trinajstić information content (AvgIpc) is 4.16. The molecule has 1 saturated carbocycles. The lowest BCUT2D eigenvalue weighted by Crippen LogP contribution is -2.59. The van der Waals surface area contributed by atoms with Crippen LogP contribution in [0.3, 0.4) is 0 Å². The van der Waals surface area contributed by atoms with E-state index in [1.54, 1.807) is 67.7 Å². The number of nitrogens with zero attached hydrogens (tertiary/aromatic N) is 7. The Labute approximate surface area is 429 Å². The smallest absolute Gasteiger partial charge is 0.273 e. The number of halogens is 1. The molecule has 2 N–H and O–H groups in total. The van der Waals surface area contributed by atoms with E-state index in [4.69, 9.17) is 28.2 Å². The van der Waals surface area contributed by atoms with Gasteiger partial charge in [0.25, 0.3) is 11.8 Å². The zero-order valence-electron chi connectivity index (χ0n) is 42.3. The van der Waals surface area contributed by atoms with Gasteiger partial charge in [-0.2, -0.15) is 0 Å². The molecule has 4 aromatic heterocycles. The van der Waals surface area contributed by atoms with E-state index in [0.29, 0.717) is 57.6 Å². The molecule has 1 unspecified atom stereocenters. The van der Waals surface area contributed by atoms with Crippen LogP contribution in [0.15, 0.2) is 58.6 Å². The van der Waals surface area contributed by atoms with E-state index in [0.717, 1.165) is 79.8 Å². The van der Waals surface area contributed by atoms with Crippen LogP contribution in [0.1, 0.15) is 68.1 Å². The molecule has 0 radical (unpaired) electrons. The Kier molecular flexibility index (Phi) is 19.4. The Morgan fingerprint density at radius 1 is 0.877 bits per heavy atom. The number of rotatable bonds is 25. The number of hydrogen-bond acceptors (Lipinski definition) is 15. The molecule has 0 spiro atoms. The number of pyridine rings is 1. The zero-order valence-corrected chi connectivity index (χ0v) is 43.1. The number of ether oxygens (including phenoxy) is 5. The topological polar surface area (TPSA) is 195 Å². The molecule has 4 amide bonds. The van der Waals surface area contributed by atoms with Crippen LogP contribution >= 0.6 is 11.3 Å². The molecule has 21 heteroatoms. The molecule has 8 rings (SSSR count). The number of fused-ring (bicyclic) bond motifs is 2. The number of likely N-dealkylation sites (N-methyl/N-ethyl adjacent to an activating group) is 2. The van der Waals surface area contributed by atoms with Crippen molar-refractivity contribution >= 4 is 56.1 Å². The van der Waals surface area contributed by atoms with Gasteiger partial charge in [0.05, 0.1) is 68.0 Å². The van der Waals surface area contributed by atoms with Crippen molar-refractivity contribution in [1.29, 1.82) is 0 Å². The highest BCUT2D eigenvalue weighted by atomic mass is 32.1. The maximum Gasteiger partial charge on any atom is 0.273 e. The van der Waals surface area contributed by atoms with Crippen LogP contribution in [0, 0.1) is 11.7 Å². The van der Waals surface area contributed by atoms with Crippen LogP contribution in [0.5, 0.6) is 11.6 Å². The van der Waals surface area contributed by atoms with Gasteiger partial charge in [0.1, 0.15) is 36.7 Å². The summed E-state index contributed by atoms with van der Waals surface area (Å²) in [5.74, 6) is 0.154. The van der Waals surface area contributed by atoms with Gasteiger partial charge in [0.15, 0.2) is 11.6 Å². The van der Waals surface area contributed by atoms with Gasteiger partial charge in [-0.3, -0.25) is 29.1 Å². The van der Waals surface area contributed by atoms with Gasteiger partial charge in [0.2, 0.25) is 17.7 Å². The summed E-state index contributed by atoms with van der Waals surface area (Å²) in [6.07, 6.45) is 8.65. The SMILES string of the molecule is CN[C@@H](C)C(=O)NC(C(=O)N1CCN(C(=O)c2c(F)c3ccccc3n2CC(=O)N(C)CCOCCOCCOCCOc2cc(CN3CCC(Oc4ccnc5ccsc45)CC3)on2)CC1)C1CCCCC1. The number of piperidine rings is 1. The normalized spacial score (nSPS) is 17.0. The number of para-hydroxylation sites is 1. The van der Waals surface area contributed by atoms with Gasteiger partial charge in [-0.25, -0.2) is 4.39 Å². The largest absolute Gasteiger partial charge is 0.489 e. The van der Waals surface area contributed by atoms with Crippen LogP contribution in [-0.4, -0.2) is 182 Å². The lowest BCUT2D eigenvalue weighted by atomic mass is 9.83. The van der Waals surface area contributed by atoms with Crippen LogP contribution in [0.4, 0.5) is 4.39 Å². The zero-order chi connectivity index (χ0) is 51.1. The van der Waals surface area contributed by atoms with Crippen molar-refractivity contribution in [3.8, 4) is 11.6 Å². The first kappa shape index (κ1) is 53.6. The molecule has 3 fully saturated rings. The lowest BCUT2D eigenvalue weighted by molar-refractivity contribution is -0.140. The number of piperazine rings is 1. The summed E-state index contributed by atoms with van der Waals surface area (Å²) >= 11 is 1.65. The summed E-state index contributed by atoms with van der Waals surface area (Å²) in [6, 6.07) is 11.4. The summed E-state index contributed by atoms with van der Waals surface area (Å²) in [6.45, 7) is 7.33. The van der Waals surface area contributed by atoms with Gasteiger partial charge in [-0.1, -0.05) is 31.4 Å². The van der Waals surface area contributed by atoms with Gasteiger partial charge in [0, 0.05) is 70.5 Å². The highest BCUT2D eigenvalue weighted by Gasteiger charge is 2.37. The van der Waals surface area contributed by atoms with Crippen molar-refractivity contribution in [2.75, 3.05) is 106 Å². The van der Waals surface area contributed by atoms with Crippen molar-refractivity contribution in [2.24, 2.45) is 5.92 Å². The fourth-order valence-electron chi connectivity index (χ4n) is 9.66. The monoisotopic (exact) mass is 1030 g/mol. The van der Waals surface area contributed by atoms with Gasteiger partial charge >= 0.3 is 0 Å². The van der Waals surface area contributed by atoms with E-state index in [1.807, 2.05) is 23.6 Å². The Morgan fingerprint density at radius 2 is 1.58 bits per heavy atom. The van der Waals surface area contributed by atoms with Crippen LogP contribution in [-0.2, 0) is 41.7 Å². The Morgan fingerprint density at radius 3 is 2.32 bits per heavy atom. The molecule has 6 heterocycles. The fourth-order valence-corrected chi connectivity index (χ4v) is 10.5. The quantitative estimate of drug-likeness (QED) is 0.0745. The first-order chi connectivity index (χ1) is 35.6. The number of likely N-dealkylation sites (tertiary alicyclic amines) is 1. The number of carbonyl (C=O) groups is 4. The minimum Gasteiger partial charge on any atom is -0.489 e. The molecule has 2 atom stereocenters. The first-order valence-electron chi connectivity index (χ1n) is 25.7. The Balaban J connectivity index is 0.691. The van der Waals surface area contributed by atoms with Gasteiger partial charge in [-0.05, 0) is 80.4 Å². The number of benzene rings is 1. The predicted molar refractivity (Wildman–Crippen MR) is 272 cm³/mol. The Bertz CT molecular complexity index is 2590. The molecule has 1 aromatic carbocycles. The van der Waals surface area contributed by atoms with Crippen molar-refractivity contribution in [3.05, 3.63) is 71.3 Å². The number of thiophene rings is 1. The minimum absolute atomic E-state index is 0.0391. The summed E-state index contributed by atoms with van der Waals surface area (Å²) in [5.41, 5.74) is 1.20. The van der Waals surface area contributed by atoms with E-state index < -0.39 is 23.8 Å². The van der Waals surface area contributed by atoms with Crippen molar-refractivity contribution in [1.82, 2.24) is 44.9 Å². The maximum absolute atomic E-state index is 16.2. The van der Waals surface area contributed by atoms with Crippen LogP contribution < -0.4 is 20.1 Å². The third-order valence-electron chi connectivity index (χ3n) is 14.1. The fraction of sp³-hybridized carbons (Fsp3) is 0.577. The van der Waals surface area contributed by atoms with Crippen LogP contribution in [0.25, 0.3) is 21.1 Å². The second-order valence-corrected chi connectivity index (χ2v) is 19.9. The summed E-state index contributed by atoms with van der Waals surface area (Å²) in [4.78, 5) is 66.0. The maximum atomic E-state index is 16.2. The molecule has 1 aliphatic carbocycles. The highest BCUT2D eigenvalue weighted by molar-refractivity contribution is 7.17. The number of carbonyl (C=O) groups excluding carboxylic acids is 4. The minimum atomic E-state index is -0.692. The molecule has 2 aliphatic heterocycles. The van der Waals surface area contributed by atoms with E-state index >= 15 is 4.39 Å². The second-order valence-electron chi connectivity index (χ2n) is 18.9. The van der Waals surface area contributed by atoms with Crippen molar-refractivity contribution < 1.29 is 51.8 Å². The van der Waals surface area contributed by atoms with Gasteiger partial charge < -0.3 is 58.1 Å². The second kappa shape index (κ2) is 26.5. The molecular formula is C52H70FN9O10S. The summed E-state index contributed by atoms with van der Waals surface area (Å²) < 4.78 is 53.3. The molecule has 0 bridgehead atoms. The van der Waals surface area contributed by atoms with E-state index in [1.165, 1.54) is 14.4 Å². The molecule has 19 nitrogen and oxygen atoms in total. The van der Waals surface area contributed by atoms with E-state index in [2.05, 4.69) is 25.7 Å². The number of amides is 4. The first-order valence-corrected chi connectivity index (χ1v) is 26.5.